The zero-order chi connectivity index (χ0) is 9.80. The van der Waals surface area contributed by atoms with E-state index in [1.165, 1.54) is 12.0 Å². The fraction of sp³-hybridized carbons (Fsp3) is 0.500. The summed E-state index contributed by atoms with van der Waals surface area (Å²) in [6.45, 7) is 2.98. The van der Waals surface area contributed by atoms with Crippen LogP contribution in [0.1, 0.15) is 17.9 Å². The topological polar surface area (TPSA) is 38.0 Å². The highest BCUT2D eigenvalue weighted by molar-refractivity contribution is 5.20. The van der Waals surface area contributed by atoms with Crippen molar-refractivity contribution in [1.82, 2.24) is 5.32 Å². The van der Waals surface area contributed by atoms with Gasteiger partial charge in [-0.15, -0.1) is 0 Å². The summed E-state index contributed by atoms with van der Waals surface area (Å²) in [4.78, 5) is 0. The van der Waals surface area contributed by atoms with E-state index in [4.69, 9.17) is 5.73 Å². The molecule has 1 aromatic rings. The number of rotatable bonds is 2. The number of hydrogen-bond donors (Lipinski definition) is 2. The van der Waals surface area contributed by atoms with E-state index >= 15 is 0 Å². The van der Waals surface area contributed by atoms with Gasteiger partial charge in [-0.3, -0.25) is 0 Å². The van der Waals surface area contributed by atoms with E-state index in [1.807, 2.05) is 0 Å². The Balaban J connectivity index is 2.04. The molecule has 1 aliphatic rings. The average molecular weight is 190 g/mol. The van der Waals surface area contributed by atoms with Gasteiger partial charge in [0.25, 0.3) is 0 Å². The third-order valence-corrected chi connectivity index (χ3v) is 3.05. The summed E-state index contributed by atoms with van der Waals surface area (Å²) in [6, 6.07) is 10.7. The van der Waals surface area contributed by atoms with Crippen LogP contribution in [0, 0.1) is 5.92 Å². The minimum atomic E-state index is 0.647. The second-order valence-corrected chi connectivity index (χ2v) is 4.10. The summed E-state index contributed by atoms with van der Waals surface area (Å²) in [5.41, 5.74) is 7.15. The van der Waals surface area contributed by atoms with E-state index < -0.39 is 0 Å². The van der Waals surface area contributed by atoms with E-state index in [1.54, 1.807) is 0 Å². The van der Waals surface area contributed by atoms with Crippen molar-refractivity contribution in [3.05, 3.63) is 35.9 Å². The summed E-state index contributed by atoms with van der Waals surface area (Å²) in [5.74, 6) is 1.30. The Morgan fingerprint density at radius 2 is 2.00 bits per heavy atom. The molecule has 2 heteroatoms. The SMILES string of the molecule is NCC1CNCC(c2ccccc2)C1. The van der Waals surface area contributed by atoms with Crippen LogP contribution >= 0.6 is 0 Å². The van der Waals surface area contributed by atoms with Crippen molar-refractivity contribution in [2.45, 2.75) is 12.3 Å². The first-order chi connectivity index (χ1) is 6.90. The Morgan fingerprint density at radius 1 is 1.21 bits per heavy atom. The standard InChI is InChI=1S/C12H18N2/c13-7-10-6-12(9-14-8-10)11-4-2-1-3-5-11/h1-5,10,12,14H,6-9,13H2. The Labute approximate surface area is 85.5 Å². The number of benzene rings is 1. The average Bonchev–Trinajstić information content (AvgIpc) is 2.30. The van der Waals surface area contributed by atoms with Crippen molar-refractivity contribution in [1.29, 1.82) is 0 Å². The molecule has 2 atom stereocenters. The number of nitrogens with one attached hydrogen (secondary N) is 1. The minimum Gasteiger partial charge on any atom is -0.330 e. The van der Waals surface area contributed by atoms with Crippen molar-refractivity contribution in [2.75, 3.05) is 19.6 Å². The predicted octanol–water partition coefficient (Wildman–Crippen LogP) is 1.34. The summed E-state index contributed by atoms with van der Waals surface area (Å²) < 4.78 is 0. The molecule has 14 heavy (non-hydrogen) atoms. The van der Waals surface area contributed by atoms with Gasteiger partial charge in [-0.25, -0.2) is 0 Å². The van der Waals surface area contributed by atoms with E-state index in [2.05, 4.69) is 35.6 Å². The molecule has 76 valence electrons. The van der Waals surface area contributed by atoms with Crippen LogP contribution in [-0.4, -0.2) is 19.6 Å². The Kier molecular flexibility index (Phi) is 3.17. The van der Waals surface area contributed by atoms with Crippen LogP contribution in [-0.2, 0) is 0 Å². The summed E-state index contributed by atoms with van der Waals surface area (Å²) in [6.07, 6.45) is 1.23. The fourth-order valence-corrected chi connectivity index (χ4v) is 2.19. The lowest BCUT2D eigenvalue weighted by molar-refractivity contribution is 0.348. The third-order valence-electron chi connectivity index (χ3n) is 3.05. The largest absolute Gasteiger partial charge is 0.330 e. The van der Waals surface area contributed by atoms with Gasteiger partial charge in [0.15, 0.2) is 0 Å². The second-order valence-electron chi connectivity index (χ2n) is 4.10. The highest BCUT2D eigenvalue weighted by Gasteiger charge is 2.21. The summed E-state index contributed by atoms with van der Waals surface area (Å²) in [5, 5.41) is 3.45. The van der Waals surface area contributed by atoms with Gasteiger partial charge < -0.3 is 11.1 Å². The van der Waals surface area contributed by atoms with Crippen LogP contribution in [0.4, 0.5) is 0 Å². The van der Waals surface area contributed by atoms with Gasteiger partial charge >= 0.3 is 0 Å². The second kappa shape index (κ2) is 4.58. The van der Waals surface area contributed by atoms with Crippen molar-refractivity contribution in [3.8, 4) is 0 Å². The van der Waals surface area contributed by atoms with E-state index in [0.717, 1.165) is 19.6 Å². The van der Waals surface area contributed by atoms with Crippen LogP contribution in [0.2, 0.25) is 0 Å². The highest BCUT2D eigenvalue weighted by Crippen LogP contribution is 2.25. The van der Waals surface area contributed by atoms with Gasteiger partial charge in [0.05, 0.1) is 0 Å². The number of piperidine rings is 1. The predicted molar refractivity (Wildman–Crippen MR) is 59.2 cm³/mol. The number of hydrogen-bond acceptors (Lipinski definition) is 2. The van der Waals surface area contributed by atoms with Crippen LogP contribution in [0.25, 0.3) is 0 Å². The molecule has 0 bridgehead atoms. The molecular formula is C12H18N2. The molecule has 0 aromatic heterocycles. The molecule has 1 aliphatic heterocycles. The third kappa shape index (κ3) is 2.14. The molecule has 0 spiro atoms. The van der Waals surface area contributed by atoms with Crippen molar-refractivity contribution in [3.63, 3.8) is 0 Å². The Morgan fingerprint density at radius 3 is 2.71 bits per heavy atom. The maximum Gasteiger partial charge on any atom is 0.00203 e. The van der Waals surface area contributed by atoms with Gasteiger partial charge in [-0.2, -0.15) is 0 Å². The molecule has 0 aliphatic carbocycles. The van der Waals surface area contributed by atoms with Gasteiger partial charge in [0, 0.05) is 6.54 Å². The molecule has 0 radical (unpaired) electrons. The Hall–Kier alpha value is -0.860. The van der Waals surface area contributed by atoms with Gasteiger partial charge in [-0.05, 0) is 36.9 Å². The normalized spacial score (nSPS) is 27.5. The smallest absolute Gasteiger partial charge is 0.00203 e. The lowest BCUT2D eigenvalue weighted by Gasteiger charge is -2.29. The van der Waals surface area contributed by atoms with Crippen LogP contribution in [0.15, 0.2) is 30.3 Å². The van der Waals surface area contributed by atoms with Crippen molar-refractivity contribution >= 4 is 0 Å². The first-order valence-corrected chi connectivity index (χ1v) is 5.36. The maximum atomic E-state index is 5.70. The minimum absolute atomic E-state index is 0.647. The molecular weight excluding hydrogens is 172 g/mol. The molecule has 2 unspecified atom stereocenters. The summed E-state index contributed by atoms with van der Waals surface area (Å²) >= 11 is 0. The molecule has 3 N–H and O–H groups in total. The Bertz CT molecular complexity index is 271. The maximum absolute atomic E-state index is 5.70. The van der Waals surface area contributed by atoms with Gasteiger partial charge in [-0.1, -0.05) is 30.3 Å². The lowest BCUT2D eigenvalue weighted by atomic mass is 9.86. The summed E-state index contributed by atoms with van der Waals surface area (Å²) in [7, 11) is 0. The van der Waals surface area contributed by atoms with Crippen LogP contribution < -0.4 is 11.1 Å². The molecule has 1 aromatic carbocycles. The molecule has 0 saturated carbocycles. The first-order valence-electron chi connectivity index (χ1n) is 5.36. The highest BCUT2D eigenvalue weighted by atomic mass is 14.9. The van der Waals surface area contributed by atoms with Gasteiger partial charge in [0.1, 0.15) is 0 Å². The molecule has 1 fully saturated rings. The molecule has 1 heterocycles. The molecule has 2 rings (SSSR count). The quantitative estimate of drug-likeness (QED) is 0.738. The molecule has 2 nitrogen and oxygen atoms in total. The zero-order valence-electron chi connectivity index (χ0n) is 8.45. The van der Waals surface area contributed by atoms with Crippen LogP contribution in [0.5, 0.6) is 0 Å². The van der Waals surface area contributed by atoms with E-state index in [-0.39, 0.29) is 0 Å². The molecule has 0 amide bonds. The van der Waals surface area contributed by atoms with Crippen molar-refractivity contribution in [2.24, 2.45) is 11.7 Å². The lowest BCUT2D eigenvalue weighted by Crippen LogP contribution is -2.38. The van der Waals surface area contributed by atoms with Crippen molar-refractivity contribution < 1.29 is 0 Å². The van der Waals surface area contributed by atoms with E-state index in [9.17, 15) is 0 Å². The first kappa shape index (κ1) is 9.69. The zero-order valence-corrected chi connectivity index (χ0v) is 8.45. The van der Waals surface area contributed by atoms with E-state index in [0.29, 0.717) is 11.8 Å². The monoisotopic (exact) mass is 190 g/mol. The fourth-order valence-electron chi connectivity index (χ4n) is 2.19. The van der Waals surface area contributed by atoms with Crippen LogP contribution in [0.3, 0.4) is 0 Å². The molecule has 1 saturated heterocycles. The number of nitrogens with two attached hydrogens (primary N) is 1. The van der Waals surface area contributed by atoms with Gasteiger partial charge in [0.2, 0.25) is 0 Å².